The number of benzene rings is 1. The van der Waals surface area contributed by atoms with E-state index in [0.717, 1.165) is 16.5 Å². The highest BCUT2D eigenvalue weighted by Gasteiger charge is 2.07. The molecule has 0 saturated carbocycles. The van der Waals surface area contributed by atoms with Crippen molar-refractivity contribution in [1.82, 2.24) is 4.98 Å². The molecule has 1 amide bonds. The number of halogens is 1. The van der Waals surface area contributed by atoms with E-state index < -0.39 is 0 Å². The van der Waals surface area contributed by atoms with E-state index in [-0.39, 0.29) is 5.91 Å². The predicted molar refractivity (Wildman–Crippen MR) is 84.8 cm³/mol. The van der Waals surface area contributed by atoms with E-state index in [2.05, 4.69) is 45.3 Å². The minimum atomic E-state index is -0.00979. The number of aromatic nitrogens is 1. The zero-order chi connectivity index (χ0) is 14.5. The van der Waals surface area contributed by atoms with E-state index in [9.17, 15) is 4.79 Å². The standard InChI is InChI=1S/C16H17BrN2O/c1-11-4-3-5-13(8-11)6-7-15(20)19-16-12(2)9-14(17)10-18-16/h3-5,8-10H,6-7H2,1-2H3,(H,18,19,20). The van der Waals surface area contributed by atoms with Crippen LogP contribution >= 0.6 is 15.9 Å². The summed E-state index contributed by atoms with van der Waals surface area (Å²) in [6.45, 7) is 3.98. The molecule has 0 saturated heterocycles. The molecule has 3 nitrogen and oxygen atoms in total. The summed E-state index contributed by atoms with van der Waals surface area (Å²) < 4.78 is 0.910. The fourth-order valence-electron chi connectivity index (χ4n) is 1.99. The first kappa shape index (κ1) is 14.7. The van der Waals surface area contributed by atoms with Gasteiger partial charge in [0, 0.05) is 17.1 Å². The van der Waals surface area contributed by atoms with E-state index in [1.165, 1.54) is 11.1 Å². The molecule has 104 valence electrons. The molecular weight excluding hydrogens is 316 g/mol. The first-order valence-electron chi connectivity index (χ1n) is 6.52. The minimum Gasteiger partial charge on any atom is -0.310 e. The lowest BCUT2D eigenvalue weighted by molar-refractivity contribution is -0.116. The third-order valence-electron chi connectivity index (χ3n) is 3.03. The second kappa shape index (κ2) is 6.66. The Labute approximate surface area is 127 Å². The number of hydrogen-bond acceptors (Lipinski definition) is 2. The van der Waals surface area contributed by atoms with Gasteiger partial charge in [0.25, 0.3) is 0 Å². The molecule has 0 bridgehead atoms. The van der Waals surface area contributed by atoms with Crippen LogP contribution in [-0.2, 0) is 11.2 Å². The molecule has 2 aromatic rings. The Balaban J connectivity index is 1.92. The molecule has 0 unspecified atom stereocenters. The maximum Gasteiger partial charge on any atom is 0.225 e. The SMILES string of the molecule is Cc1cccc(CCC(=O)Nc2ncc(Br)cc2C)c1. The van der Waals surface area contributed by atoms with Crippen LogP contribution in [0.2, 0.25) is 0 Å². The number of pyridine rings is 1. The van der Waals surface area contributed by atoms with Crippen molar-refractivity contribution < 1.29 is 4.79 Å². The van der Waals surface area contributed by atoms with E-state index in [1.807, 2.05) is 25.1 Å². The quantitative estimate of drug-likeness (QED) is 0.918. The van der Waals surface area contributed by atoms with Crippen molar-refractivity contribution in [3.05, 3.63) is 57.7 Å². The van der Waals surface area contributed by atoms with Gasteiger partial charge in [0.15, 0.2) is 0 Å². The van der Waals surface area contributed by atoms with Crippen molar-refractivity contribution in [2.75, 3.05) is 5.32 Å². The molecule has 1 aromatic heterocycles. The summed E-state index contributed by atoms with van der Waals surface area (Å²) in [7, 11) is 0. The topological polar surface area (TPSA) is 42.0 Å². The molecule has 1 aromatic carbocycles. The van der Waals surface area contributed by atoms with Crippen LogP contribution in [0.3, 0.4) is 0 Å². The Morgan fingerprint density at radius 2 is 2.10 bits per heavy atom. The molecule has 4 heteroatoms. The van der Waals surface area contributed by atoms with Crippen molar-refractivity contribution in [3.63, 3.8) is 0 Å². The van der Waals surface area contributed by atoms with Gasteiger partial charge in [0.2, 0.25) is 5.91 Å². The molecule has 20 heavy (non-hydrogen) atoms. The van der Waals surface area contributed by atoms with E-state index in [4.69, 9.17) is 0 Å². The molecule has 0 aliphatic carbocycles. The van der Waals surface area contributed by atoms with Gasteiger partial charge in [-0.05, 0) is 53.4 Å². The van der Waals surface area contributed by atoms with Crippen molar-refractivity contribution in [2.45, 2.75) is 26.7 Å². The highest BCUT2D eigenvalue weighted by molar-refractivity contribution is 9.10. The zero-order valence-electron chi connectivity index (χ0n) is 11.6. The van der Waals surface area contributed by atoms with Crippen LogP contribution in [0.1, 0.15) is 23.1 Å². The van der Waals surface area contributed by atoms with Gasteiger partial charge in [-0.1, -0.05) is 29.8 Å². The summed E-state index contributed by atoms with van der Waals surface area (Å²) in [5.41, 5.74) is 3.34. The molecule has 1 N–H and O–H groups in total. The minimum absolute atomic E-state index is 0.00979. The number of nitrogens with zero attached hydrogens (tertiary/aromatic N) is 1. The average Bonchev–Trinajstić information content (AvgIpc) is 2.40. The summed E-state index contributed by atoms with van der Waals surface area (Å²) in [5.74, 6) is 0.617. The average molecular weight is 333 g/mol. The number of carbonyl (C=O) groups excluding carboxylic acids is 1. The molecule has 0 spiro atoms. The third-order valence-corrected chi connectivity index (χ3v) is 3.46. The van der Waals surface area contributed by atoms with Gasteiger partial charge < -0.3 is 5.32 Å². The number of nitrogens with one attached hydrogen (secondary N) is 1. The van der Waals surface area contributed by atoms with Crippen molar-refractivity contribution >= 4 is 27.7 Å². The molecule has 2 rings (SSSR count). The molecule has 0 atom stereocenters. The van der Waals surface area contributed by atoms with Gasteiger partial charge in [-0.15, -0.1) is 0 Å². The lowest BCUT2D eigenvalue weighted by Gasteiger charge is -2.08. The van der Waals surface area contributed by atoms with Crippen LogP contribution in [0.5, 0.6) is 0 Å². The van der Waals surface area contributed by atoms with Gasteiger partial charge >= 0.3 is 0 Å². The van der Waals surface area contributed by atoms with Gasteiger partial charge in [0.1, 0.15) is 5.82 Å². The van der Waals surface area contributed by atoms with Gasteiger partial charge in [-0.25, -0.2) is 4.98 Å². The summed E-state index contributed by atoms with van der Waals surface area (Å²) in [6, 6.07) is 10.2. The maximum atomic E-state index is 11.9. The highest BCUT2D eigenvalue weighted by atomic mass is 79.9. The Bertz CT molecular complexity index is 626. The molecule has 1 heterocycles. The van der Waals surface area contributed by atoms with Gasteiger partial charge in [0.05, 0.1) is 0 Å². The predicted octanol–water partition coefficient (Wildman–Crippen LogP) is 4.03. The largest absolute Gasteiger partial charge is 0.310 e. The smallest absolute Gasteiger partial charge is 0.225 e. The van der Waals surface area contributed by atoms with Crippen molar-refractivity contribution in [2.24, 2.45) is 0 Å². The monoisotopic (exact) mass is 332 g/mol. The zero-order valence-corrected chi connectivity index (χ0v) is 13.2. The number of carbonyl (C=O) groups is 1. The Morgan fingerprint density at radius 1 is 1.30 bits per heavy atom. The van der Waals surface area contributed by atoms with Crippen LogP contribution in [0.15, 0.2) is 41.0 Å². The van der Waals surface area contributed by atoms with Crippen molar-refractivity contribution in [3.8, 4) is 0 Å². The van der Waals surface area contributed by atoms with Crippen LogP contribution in [0.4, 0.5) is 5.82 Å². The third kappa shape index (κ3) is 4.17. The number of hydrogen-bond donors (Lipinski definition) is 1. The fourth-order valence-corrected chi connectivity index (χ4v) is 2.44. The van der Waals surface area contributed by atoms with E-state index in [0.29, 0.717) is 12.2 Å². The molecule has 0 aliphatic rings. The number of aryl methyl sites for hydroxylation is 3. The molecule has 0 aliphatic heterocycles. The first-order chi connectivity index (χ1) is 9.54. The second-order valence-corrected chi connectivity index (χ2v) is 5.77. The lowest BCUT2D eigenvalue weighted by atomic mass is 10.1. The Morgan fingerprint density at radius 3 is 2.80 bits per heavy atom. The molecule has 0 fully saturated rings. The van der Waals surface area contributed by atoms with Crippen LogP contribution < -0.4 is 5.32 Å². The number of amides is 1. The van der Waals surface area contributed by atoms with Crippen LogP contribution in [-0.4, -0.2) is 10.9 Å². The van der Waals surface area contributed by atoms with Crippen LogP contribution in [0, 0.1) is 13.8 Å². The summed E-state index contributed by atoms with van der Waals surface area (Å²) in [6.07, 6.45) is 2.88. The summed E-state index contributed by atoms with van der Waals surface area (Å²) in [4.78, 5) is 16.2. The molecular formula is C16H17BrN2O. The van der Waals surface area contributed by atoms with E-state index in [1.54, 1.807) is 6.20 Å². The Hall–Kier alpha value is -1.68. The second-order valence-electron chi connectivity index (χ2n) is 4.86. The Kier molecular flexibility index (Phi) is 4.90. The fraction of sp³-hybridized carbons (Fsp3) is 0.250. The summed E-state index contributed by atoms with van der Waals surface area (Å²) in [5, 5.41) is 2.85. The van der Waals surface area contributed by atoms with Crippen LogP contribution in [0.25, 0.3) is 0 Å². The normalized spacial score (nSPS) is 10.3. The van der Waals surface area contributed by atoms with Gasteiger partial charge in [-0.3, -0.25) is 4.79 Å². The van der Waals surface area contributed by atoms with Crippen molar-refractivity contribution in [1.29, 1.82) is 0 Å². The molecule has 0 radical (unpaired) electrons. The lowest BCUT2D eigenvalue weighted by Crippen LogP contribution is -2.14. The van der Waals surface area contributed by atoms with Gasteiger partial charge in [-0.2, -0.15) is 0 Å². The summed E-state index contributed by atoms with van der Waals surface area (Å²) >= 11 is 3.36. The first-order valence-corrected chi connectivity index (χ1v) is 7.31. The highest BCUT2D eigenvalue weighted by Crippen LogP contribution is 2.17. The van der Waals surface area contributed by atoms with E-state index >= 15 is 0 Å². The maximum absolute atomic E-state index is 11.9. The number of anilines is 1. The number of rotatable bonds is 4.